The Morgan fingerprint density at radius 1 is 1.60 bits per heavy atom. The van der Waals surface area contributed by atoms with Crippen molar-refractivity contribution in [2.24, 2.45) is 0 Å². The summed E-state index contributed by atoms with van der Waals surface area (Å²) in [4.78, 5) is 25.1. The van der Waals surface area contributed by atoms with E-state index in [0.717, 1.165) is 0 Å². The Morgan fingerprint density at radius 2 is 2.33 bits per heavy atom. The summed E-state index contributed by atoms with van der Waals surface area (Å²) >= 11 is 1.23. The number of nitrogens with one attached hydrogen (secondary N) is 2. The van der Waals surface area contributed by atoms with Gasteiger partial charge in [-0.2, -0.15) is 0 Å². The summed E-state index contributed by atoms with van der Waals surface area (Å²) < 4.78 is 0. The fourth-order valence-corrected chi connectivity index (χ4v) is 1.23. The monoisotopic (exact) mass is 231 g/mol. The van der Waals surface area contributed by atoms with E-state index in [-0.39, 0.29) is 6.54 Å². The van der Waals surface area contributed by atoms with Crippen LogP contribution in [0.2, 0.25) is 0 Å². The quantitative estimate of drug-likeness (QED) is 0.569. The van der Waals surface area contributed by atoms with Crippen LogP contribution in [0.5, 0.6) is 0 Å². The molecular weight excluding hydrogens is 222 g/mol. The molecule has 0 aliphatic heterocycles. The second-order valence-corrected chi connectivity index (χ2v) is 3.42. The number of aliphatic carboxylic acids is 1. The van der Waals surface area contributed by atoms with Crippen LogP contribution in [-0.4, -0.2) is 39.8 Å². The van der Waals surface area contributed by atoms with Gasteiger partial charge in [0.05, 0.1) is 6.54 Å². The molecule has 82 valence electrons. The summed E-state index contributed by atoms with van der Waals surface area (Å²) in [6, 6.07) is -0.606. The number of aliphatic hydroxyl groups is 1. The van der Waals surface area contributed by atoms with E-state index in [1.54, 1.807) is 5.38 Å². The highest BCUT2D eigenvalue weighted by Crippen LogP contribution is 2.09. The molecule has 0 saturated heterocycles. The topological polar surface area (TPSA) is 112 Å². The minimum Gasteiger partial charge on any atom is -0.479 e. The van der Waals surface area contributed by atoms with Crippen molar-refractivity contribution in [3.63, 3.8) is 0 Å². The van der Waals surface area contributed by atoms with Crippen LogP contribution < -0.4 is 10.6 Å². The molecule has 0 saturated carbocycles. The second-order valence-electron chi connectivity index (χ2n) is 2.53. The number of urea groups is 1. The number of carbonyl (C=O) groups is 2. The van der Waals surface area contributed by atoms with Gasteiger partial charge in [0.1, 0.15) is 0 Å². The van der Waals surface area contributed by atoms with Gasteiger partial charge < -0.3 is 15.5 Å². The van der Waals surface area contributed by atoms with Crippen molar-refractivity contribution in [1.82, 2.24) is 10.3 Å². The molecular formula is C7H9N3O4S. The Hall–Kier alpha value is -1.67. The van der Waals surface area contributed by atoms with Gasteiger partial charge in [-0.05, 0) is 0 Å². The van der Waals surface area contributed by atoms with E-state index in [2.05, 4.69) is 15.6 Å². The third-order valence-corrected chi connectivity index (χ3v) is 2.08. The molecule has 0 unspecified atom stereocenters. The minimum atomic E-state index is -1.60. The molecule has 0 aliphatic carbocycles. The molecule has 0 bridgehead atoms. The summed E-state index contributed by atoms with van der Waals surface area (Å²) in [6.07, 6.45) is -0.0844. The van der Waals surface area contributed by atoms with Crippen molar-refractivity contribution in [3.8, 4) is 0 Å². The molecule has 0 fully saturated rings. The van der Waals surface area contributed by atoms with Crippen molar-refractivity contribution >= 4 is 28.5 Å². The molecule has 15 heavy (non-hydrogen) atoms. The maximum absolute atomic E-state index is 11.1. The molecule has 1 rings (SSSR count). The van der Waals surface area contributed by atoms with Gasteiger partial charge in [-0.1, -0.05) is 0 Å². The van der Waals surface area contributed by atoms with Gasteiger partial charge in [0.15, 0.2) is 11.2 Å². The van der Waals surface area contributed by atoms with Gasteiger partial charge in [-0.25, -0.2) is 14.6 Å². The zero-order chi connectivity index (χ0) is 11.3. The molecule has 0 radical (unpaired) electrons. The van der Waals surface area contributed by atoms with Gasteiger partial charge >= 0.3 is 12.0 Å². The number of thiazole rings is 1. The van der Waals surface area contributed by atoms with Crippen LogP contribution in [0.1, 0.15) is 0 Å². The van der Waals surface area contributed by atoms with Gasteiger partial charge in [-0.3, -0.25) is 5.32 Å². The highest BCUT2D eigenvalue weighted by molar-refractivity contribution is 7.13. The summed E-state index contributed by atoms with van der Waals surface area (Å²) in [5.74, 6) is -1.38. The highest BCUT2D eigenvalue weighted by Gasteiger charge is 2.14. The normalized spacial score (nSPS) is 11.8. The zero-order valence-electron chi connectivity index (χ0n) is 7.51. The van der Waals surface area contributed by atoms with Crippen molar-refractivity contribution in [1.29, 1.82) is 0 Å². The predicted octanol–water partition coefficient (Wildman–Crippen LogP) is -0.290. The average molecular weight is 231 g/mol. The number of carboxylic acid groups (broad SMARTS) is 1. The van der Waals surface area contributed by atoms with E-state index < -0.39 is 18.1 Å². The molecule has 0 aliphatic rings. The van der Waals surface area contributed by atoms with Crippen LogP contribution >= 0.6 is 11.3 Å². The van der Waals surface area contributed by atoms with Crippen LogP contribution in [0, 0.1) is 0 Å². The number of hydrogen-bond acceptors (Lipinski definition) is 5. The van der Waals surface area contributed by atoms with Gasteiger partial charge in [0.2, 0.25) is 0 Å². The number of anilines is 1. The van der Waals surface area contributed by atoms with E-state index in [9.17, 15) is 9.59 Å². The Bertz CT molecular complexity index is 340. The first-order valence-electron chi connectivity index (χ1n) is 3.95. The Labute approximate surface area is 88.8 Å². The molecule has 1 aromatic rings. The summed E-state index contributed by atoms with van der Waals surface area (Å²) in [5.41, 5.74) is 0. The van der Waals surface area contributed by atoms with Crippen LogP contribution in [0.25, 0.3) is 0 Å². The summed E-state index contributed by atoms with van der Waals surface area (Å²) in [7, 11) is 0. The molecule has 4 N–H and O–H groups in total. The Balaban J connectivity index is 2.28. The van der Waals surface area contributed by atoms with Crippen LogP contribution in [-0.2, 0) is 4.79 Å². The largest absolute Gasteiger partial charge is 0.479 e. The third kappa shape index (κ3) is 3.92. The fraction of sp³-hybridized carbons (Fsp3) is 0.286. The smallest absolute Gasteiger partial charge is 0.334 e. The Morgan fingerprint density at radius 3 is 2.87 bits per heavy atom. The molecule has 2 amide bonds. The molecule has 8 heteroatoms. The van der Waals surface area contributed by atoms with Gasteiger partial charge in [-0.15, -0.1) is 11.3 Å². The van der Waals surface area contributed by atoms with E-state index in [1.165, 1.54) is 17.5 Å². The van der Waals surface area contributed by atoms with Crippen molar-refractivity contribution in [2.45, 2.75) is 6.10 Å². The van der Waals surface area contributed by atoms with E-state index >= 15 is 0 Å². The lowest BCUT2D eigenvalue weighted by atomic mass is 10.4. The number of carboxylic acids is 1. The van der Waals surface area contributed by atoms with E-state index in [1.807, 2.05) is 0 Å². The number of nitrogens with zero attached hydrogens (tertiary/aromatic N) is 1. The third-order valence-electron chi connectivity index (χ3n) is 1.39. The van der Waals surface area contributed by atoms with Gasteiger partial charge in [0, 0.05) is 11.6 Å². The lowest BCUT2D eigenvalue weighted by molar-refractivity contribution is -0.146. The van der Waals surface area contributed by atoms with Gasteiger partial charge in [0.25, 0.3) is 0 Å². The van der Waals surface area contributed by atoms with Crippen molar-refractivity contribution in [2.75, 3.05) is 11.9 Å². The summed E-state index contributed by atoms with van der Waals surface area (Å²) in [6.45, 7) is -0.355. The maximum Gasteiger partial charge on any atom is 0.334 e. The van der Waals surface area contributed by atoms with E-state index in [4.69, 9.17) is 10.2 Å². The molecule has 7 nitrogen and oxygen atoms in total. The number of amides is 2. The Kier molecular flexibility index (Phi) is 4.01. The highest BCUT2D eigenvalue weighted by atomic mass is 32.1. The van der Waals surface area contributed by atoms with Crippen LogP contribution in [0.15, 0.2) is 11.6 Å². The minimum absolute atomic E-state index is 0.355. The maximum atomic E-state index is 11.1. The summed E-state index contributed by atoms with van der Waals surface area (Å²) in [5, 5.41) is 23.8. The van der Waals surface area contributed by atoms with Crippen LogP contribution in [0.3, 0.4) is 0 Å². The lowest BCUT2D eigenvalue weighted by Gasteiger charge is -2.07. The number of carbonyl (C=O) groups excluding carboxylic acids is 1. The number of hydrogen-bond donors (Lipinski definition) is 4. The molecule has 1 atom stereocenters. The second kappa shape index (κ2) is 5.27. The average Bonchev–Trinajstić information content (AvgIpc) is 2.66. The van der Waals surface area contributed by atoms with Crippen molar-refractivity contribution < 1.29 is 19.8 Å². The van der Waals surface area contributed by atoms with E-state index in [0.29, 0.717) is 5.13 Å². The number of aliphatic hydroxyl groups excluding tert-OH is 1. The van der Waals surface area contributed by atoms with Crippen molar-refractivity contribution in [3.05, 3.63) is 11.6 Å². The standard InChI is InChI=1S/C7H9N3O4S/c11-4(5(12)13)3-9-6(14)10-7-8-1-2-15-7/h1-2,4,11H,3H2,(H,12,13)(H2,8,9,10,14)/t4-/m0/s1. The lowest BCUT2D eigenvalue weighted by Crippen LogP contribution is -2.38. The molecule has 0 aromatic carbocycles. The first-order valence-corrected chi connectivity index (χ1v) is 4.83. The number of aromatic nitrogens is 1. The fourth-order valence-electron chi connectivity index (χ4n) is 0.703. The zero-order valence-corrected chi connectivity index (χ0v) is 8.32. The molecule has 0 spiro atoms. The first kappa shape index (κ1) is 11.4. The number of rotatable bonds is 4. The molecule has 1 heterocycles. The van der Waals surface area contributed by atoms with Crippen LogP contribution in [0.4, 0.5) is 9.93 Å². The predicted molar refractivity (Wildman–Crippen MR) is 52.8 cm³/mol. The SMILES string of the molecule is O=C(NC[C@H](O)C(=O)O)Nc1nccs1. The molecule has 1 aromatic heterocycles. The first-order chi connectivity index (χ1) is 7.09.